The number of aromatic amines is 1. The van der Waals surface area contributed by atoms with E-state index in [9.17, 15) is 28.8 Å². The Morgan fingerprint density at radius 3 is 2.31 bits per heavy atom. The number of phosphoric acid groups is 2. The molecule has 0 spiro atoms. The van der Waals surface area contributed by atoms with Gasteiger partial charge >= 0.3 is 15.6 Å². The van der Waals surface area contributed by atoms with Gasteiger partial charge in [-0.25, -0.2) is 28.5 Å². The van der Waals surface area contributed by atoms with E-state index in [1.54, 1.807) is 0 Å². The van der Waals surface area contributed by atoms with Gasteiger partial charge in [-0.2, -0.15) is 0 Å². The fraction of sp³-hybridized carbons (Fsp3) is 0.455. The third-order valence-corrected chi connectivity index (χ3v) is 10.1. The highest BCUT2D eigenvalue weighted by molar-refractivity contribution is 7.47. The molecule has 3 aliphatic heterocycles. The minimum Gasteiger partial charge on any atom is -0.387 e. The molecule has 18 nitrogen and oxygen atoms in total. The highest BCUT2D eigenvalue weighted by atomic mass is 35.5. The highest BCUT2D eigenvalue weighted by Gasteiger charge is 2.54. The molecule has 23 heteroatoms. The smallest absolute Gasteiger partial charge is 0.387 e. The number of aliphatic hydroxyl groups is 1. The zero-order valence-corrected chi connectivity index (χ0v) is 25.5. The van der Waals surface area contributed by atoms with E-state index in [0.29, 0.717) is 11.0 Å². The Morgan fingerprint density at radius 2 is 1.56 bits per heavy atom. The summed E-state index contributed by atoms with van der Waals surface area (Å²) in [5, 5.41) is 11.4. The molecule has 0 saturated carbocycles. The van der Waals surface area contributed by atoms with Gasteiger partial charge in [0.05, 0.1) is 53.3 Å². The van der Waals surface area contributed by atoms with Crippen LogP contribution in [-0.2, 0) is 36.7 Å². The van der Waals surface area contributed by atoms with Crippen molar-refractivity contribution < 1.29 is 56.0 Å². The second kappa shape index (κ2) is 11.4. The van der Waals surface area contributed by atoms with Gasteiger partial charge in [-0.1, -0.05) is 23.2 Å². The summed E-state index contributed by atoms with van der Waals surface area (Å²) >= 11 is 12.2. The van der Waals surface area contributed by atoms with Gasteiger partial charge < -0.3 is 33.9 Å². The number of nitrogens with one attached hydrogen (secondary N) is 1. The lowest BCUT2D eigenvalue weighted by molar-refractivity contribution is -0.0669. The van der Waals surface area contributed by atoms with Crippen molar-refractivity contribution in [1.82, 2.24) is 29.1 Å². The summed E-state index contributed by atoms with van der Waals surface area (Å²) in [6.45, 7) is -1.71. The number of halogens is 3. The van der Waals surface area contributed by atoms with Crippen molar-refractivity contribution in [2.45, 2.75) is 49.1 Å². The molecule has 7 rings (SSSR count). The molecule has 4 N–H and O–H groups in total. The van der Waals surface area contributed by atoms with Crippen molar-refractivity contribution in [3.05, 3.63) is 51.5 Å². The second-order valence-electron chi connectivity index (χ2n) is 10.2. The summed E-state index contributed by atoms with van der Waals surface area (Å²) in [4.78, 5) is 47.7. The standard InChI is InChI=1S/C22H21Cl2FN6O12P2/c23-8-1-10-11(2-9(8)24)30(6-28-10)22-18-16(32)12(40-22)3-38-44(34,35)42-17-13(4-39-45(36,37)43-18)41-21(14(17)25)31-7-29-15-19(31)26-5-27-20(15)33/h1-2,5-7,12-14,16-18,21-22,32H,3-4H2,(H,34,35)(H,36,37)(H,26,27,33)/t12-,13-,14+,16+,17?,18?,21-,22-/m1/s1. The molecule has 1 aromatic carbocycles. The van der Waals surface area contributed by atoms with Crippen molar-refractivity contribution >= 4 is 61.0 Å². The predicted octanol–water partition coefficient (Wildman–Crippen LogP) is 1.99. The number of fused-ring (bicyclic) bond motifs is 5. The molecule has 45 heavy (non-hydrogen) atoms. The van der Waals surface area contributed by atoms with Crippen LogP contribution in [0.15, 0.2) is 35.9 Å². The van der Waals surface area contributed by atoms with Crippen molar-refractivity contribution in [2.75, 3.05) is 13.2 Å². The molecule has 4 unspecified atom stereocenters. The molecule has 3 aromatic heterocycles. The third-order valence-electron chi connectivity index (χ3n) is 7.42. The molecule has 3 fully saturated rings. The van der Waals surface area contributed by atoms with Gasteiger partial charge in [-0.05, 0) is 12.1 Å². The van der Waals surface area contributed by atoms with Crippen LogP contribution in [0.4, 0.5) is 4.39 Å². The number of ether oxygens (including phenoxy) is 2. The Labute approximate surface area is 259 Å². The first kappa shape index (κ1) is 31.3. The average molecular weight is 713 g/mol. The quantitative estimate of drug-likeness (QED) is 0.218. The van der Waals surface area contributed by atoms with Gasteiger partial charge in [0.15, 0.2) is 29.8 Å². The Balaban J connectivity index is 1.20. The van der Waals surface area contributed by atoms with Crippen molar-refractivity contribution in [3.8, 4) is 0 Å². The number of hydrogen-bond acceptors (Lipinski definition) is 13. The van der Waals surface area contributed by atoms with E-state index >= 15 is 4.39 Å². The van der Waals surface area contributed by atoms with Crippen LogP contribution in [0.5, 0.6) is 0 Å². The number of alkyl halides is 1. The minimum atomic E-state index is -5.13. The molecular formula is C22H21Cl2FN6O12P2. The number of aliphatic hydroxyl groups excluding tert-OH is 1. The summed E-state index contributed by atoms with van der Waals surface area (Å²) in [7, 11) is -10.2. The van der Waals surface area contributed by atoms with Crippen LogP contribution < -0.4 is 5.56 Å². The molecule has 3 aliphatic rings. The van der Waals surface area contributed by atoms with Crippen molar-refractivity contribution in [3.63, 3.8) is 0 Å². The van der Waals surface area contributed by atoms with Crippen LogP contribution in [-0.4, -0.2) is 93.9 Å². The van der Waals surface area contributed by atoms with Crippen LogP contribution in [0.1, 0.15) is 12.5 Å². The number of aromatic nitrogens is 6. The van der Waals surface area contributed by atoms with E-state index in [0.717, 1.165) is 17.2 Å². The van der Waals surface area contributed by atoms with Crippen LogP contribution in [0.25, 0.3) is 22.2 Å². The SMILES string of the molecule is O=c1[nH]cnc2c1ncn2[C@@H]1O[C@@H]2COP(=O)(O)OC3[C@@H](O)[C@@H](COP(=O)(O)OC2[C@@H]1F)O[C@H]3n1cnc2cc(Cl)c(Cl)cc21. The van der Waals surface area contributed by atoms with Gasteiger partial charge in [-0.15, -0.1) is 0 Å². The summed E-state index contributed by atoms with van der Waals surface area (Å²) in [6.07, 6.45) is -10.1. The van der Waals surface area contributed by atoms with Gasteiger partial charge in [0.25, 0.3) is 5.56 Å². The van der Waals surface area contributed by atoms with Crippen LogP contribution in [0, 0.1) is 0 Å². The predicted molar refractivity (Wildman–Crippen MR) is 148 cm³/mol. The summed E-state index contributed by atoms with van der Waals surface area (Å²) < 4.78 is 76.6. The first-order valence-corrected chi connectivity index (χ1v) is 16.7. The van der Waals surface area contributed by atoms with Crippen LogP contribution >= 0.6 is 38.8 Å². The first-order chi connectivity index (χ1) is 21.3. The van der Waals surface area contributed by atoms with E-state index in [2.05, 4.69) is 19.9 Å². The Morgan fingerprint density at radius 1 is 0.911 bits per heavy atom. The molecular weight excluding hydrogens is 692 g/mol. The number of phosphoric ester groups is 2. The molecule has 0 aliphatic carbocycles. The molecule has 0 amide bonds. The van der Waals surface area contributed by atoms with Crippen LogP contribution in [0.2, 0.25) is 10.0 Å². The van der Waals surface area contributed by atoms with Crippen molar-refractivity contribution in [2.24, 2.45) is 0 Å². The molecule has 242 valence electrons. The lowest BCUT2D eigenvalue weighted by Crippen LogP contribution is -2.35. The third kappa shape index (κ3) is 5.65. The molecule has 0 radical (unpaired) electrons. The molecule has 10 atom stereocenters. The van der Waals surface area contributed by atoms with E-state index in [1.165, 1.54) is 23.0 Å². The van der Waals surface area contributed by atoms with Gasteiger partial charge in [-0.3, -0.25) is 27.5 Å². The molecule has 2 bridgehead atoms. The maximum atomic E-state index is 15.9. The molecule has 3 saturated heterocycles. The lowest BCUT2D eigenvalue weighted by Gasteiger charge is -2.25. The highest BCUT2D eigenvalue weighted by Crippen LogP contribution is 2.54. The maximum Gasteiger partial charge on any atom is 0.472 e. The van der Waals surface area contributed by atoms with Gasteiger partial charge in [0.1, 0.15) is 30.5 Å². The van der Waals surface area contributed by atoms with E-state index in [-0.39, 0.29) is 21.2 Å². The Bertz CT molecular complexity index is 1950. The largest absolute Gasteiger partial charge is 0.472 e. The zero-order chi connectivity index (χ0) is 31.8. The lowest BCUT2D eigenvalue weighted by atomic mass is 10.1. The van der Waals surface area contributed by atoms with Crippen molar-refractivity contribution in [1.29, 1.82) is 0 Å². The van der Waals surface area contributed by atoms with Gasteiger partial charge in [0, 0.05) is 0 Å². The molecule has 6 heterocycles. The number of benzene rings is 1. The van der Waals surface area contributed by atoms with E-state index in [1.807, 2.05) is 0 Å². The average Bonchev–Trinajstić information content (AvgIpc) is 3.73. The summed E-state index contributed by atoms with van der Waals surface area (Å²) in [6, 6.07) is 2.91. The number of H-pyrrole nitrogens is 1. The Kier molecular flexibility index (Phi) is 7.93. The number of imidazole rings is 2. The topological polar surface area (TPSA) is 232 Å². The van der Waals surface area contributed by atoms with Gasteiger partial charge in [0.2, 0.25) is 0 Å². The van der Waals surface area contributed by atoms with E-state index < -0.39 is 83.6 Å². The van der Waals surface area contributed by atoms with E-state index in [4.69, 9.17) is 50.8 Å². The zero-order valence-electron chi connectivity index (χ0n) is 22.2. The summed E-state index contributed by atoms with van der Waals surface area (Å²) in [5.41, 5.74) is -0.138. The fourth-order valence-corrected chi connectivity index (χ4v) is 7.55. The number of hydrogen-bond donors (Lipinski definition) is 4. The number of rotatable bonds is 2. The maximum absolute atomic E-state index is 15.9. The number of nitrogens with zero attached hydrogens (tertiary/aromatic N) is 5. The monoisotopic (exact) mass is 712 g/mol. The first-order valence-electron chi connectivity index (χ1n) is 13.0. The molecule has 4 aromatic rings. The second-order valence-corrected chi connectivity index (χ2v) is 13.8. The van der Waals surface area contributed by atoms with Crippen LogP contribution in [0.3, 0.4) is 0 Å². The minimum absolute atomic E-state index is 0.0787. The Hall–Kier alpha value is -2.35. The summed E-state index contributed by atoms with van der Waals surface area (Å²) in [5.74, 6) is 0. The fourth-order valence-electron chi connectivity index (χ4n) is 5.35. The normalized spacial score (nSPS) is 37.7.